The average Bonchev–Trinajstić information content (AvgIpc) is 3.03. The van der Waals surface area contributed by atoms with Gasteiger partial charge < -0.3 is 10.2 Å². The van der Waals surface area contributed by atoms with Crippen LogP contribution in [0.1, 0.15) is 25.7 Å². The van der Waals surface area contributed by atoms with Crippen LogP contribution in [0.25, 0.3) is 0 Å². The first-order valence-corrected chi connectivity index (χ1v) is 29.1. The maximum Gasteiger partial charge on any atom is 0.189 e. The van der Waals surface area contributed by atoms with Gasteiger partial charge >= 0.3 is 0 Å². The molecule has 1 unspecified atom stereocenters. The van der Waals surface area contributed by atoms with Crippen LogP contribution < -0.4 is 0 Å². The number of thioether (sulfide) groups is 12. The van der Waals surface area contributed by atoms with E-state index in [0.29, 0.717) is 30.8 Å². The summed E-state index contributed by atoms with van der Waals surface area (Å²) in [6.45, 7) is 0.103. The van der Waals surface area contributed by atoms with Crippen molar-refractivity contribution in [2.24, 2.45) is 0 Å². The molecule has 0 spiro atoms. The van der Waals surface area contributed by atoms with Crippen LogP contribution in [-0.2, 0) is 25.2 Å². The van der Waals surface area contributed by atoms with Gasteiger partial charge in [0.2, 0.25) is 0 Å². The second kappa shape index (κ2) is 40.1. The van der Waals surface area contributed by atoms with Gasteiger partial charge in [-0.2, -0.15) is 70.6 Å². The summed E-state index contributed by atoms with van der Waals surface area (Å²) in [5, 5.41) is 24.0. The largest absolute Gasteiger partial charge is 0.396 e. The normalized spacial score (nSPS) is 12.0. The maximum atomic E-state index is 12.2. The Morgan fingerprint density at radius 2 is 0.800 bits per heavy atom. The zero-order valence-corrected chi connectivity index (χ0v) is 36.2. The summed E-state index contributed by atoms with van der Waals surface area (Å²) < 4.78 is 12.2. The molecule has 0 bridgehead atoms. The van der Waals surface area contributed by atoms with Crippen LogP contribution in [0.15, 0.2) is 0 Å². The van der Waals surface area contributed by atoms with Crippen LogP contribution >= 0.6 is 141 Å². The molecule has 0 saturated carbocycles. The molecule has 0 heterocycles. The lowest BCUT2D eigenvalue weighted by Gasteiger charge is -2.05. The first-order valence-electron chi connectivity index (χ1n) is 14.2. The van der Waals surface area contributed by atoms with E-state index in [1.807, 2.05) is 70.6 Å². The van der Waals surface area contributed by atoms with E-state index in [9.17, 15) is 18.6 Å². The minimum atomic E-state index is -0.728. The van der Waals surface area contributed by atoms with Crippen LogP contribution in [0.4, 0.5) is 0 Å². The molecule has 0 aromatic rings. The summed E-state index contributed by atoms with van der Waals surface area (Å²) in [4.78, 5) is 35.0. The summed E-state index contributed by atoms with van der Waals surface area (Å²) in [5.41, 5.74) is 0. The van der Waals surface area contributed by atoms with Gasteiger partial charge in [-0.25, -0.2) is 0 Å². The highest BCUT2D eigenvalue weighted by molar-refractivity contribution is 8.24. The van der Waals surface area contributed by atoms with Gasteiger partial charge in [0.05, 0.1) is 13.2 Å². The zero-order chi connectivity index (χ0) is 33.1. The Bertz CT molecular complexity index is 739. The smallest absolute Gasteiger partial charge is 0.189 e. The van der Waals surface area contributed by atoms with Crippen LogP contribution in [0.5, 0.6) is 0 Å². The van der Waals surface area contributed by atoms with E-state index in [1.165, 1.54) is 35.3 Å². The SMILES string of the molecule is O=C(CCSCSCSCCCS(=O)CCSCSCSCCSC(=O)CCSCSCSCCC(=O)SCCO)SCCO. The summed E-state index contributed by atoms with van der Waals surface area (Å²) >= 11 is 20.5. The molecule has 0 aromatic carbocycles. The molecule has 0 saturated heterocycles. The van der Waals surface area contributed by atoms with E-state index >= 15 is 0 Å². The predicted octanol–water partition coefficient (Wildman–Crippen LogP) is 7.40. The van der Waals surface area contributed by atoms with Crippen molar-refractivity contribution in [2.75, 3.05) is 107 Å². The molecule has 0 aliphatic carbocycles. The van der Waals surface area contributed by atoms with E-state index in [-0.39, 0.29) is 28.6 Å². The van der Waals surface area contributed by atoms with Gasteiger partial charge in [-0.15, -0.1) is 35.3 Å². The lowest BCUT2D eigenvalue weighted by molar-refractivity contribution is -0.111. The number of aliphatic hydroxyl groups is 2. The first-order chi connectivity index (χ1) is 22.0. The molecule has 6 nitrogen and oxygen atoms in total. The highest BCUT2D eigenvalue weighted by Crippen LogP contribution is 2.23. The molecule has 0 radical (unpaired) electrons. The molecule has 45 heavy (non-hydrogen) atoms. The highest BCUT2D eigenvalue weighted by Gasteiger charge is 2.06. The molecule has 19 heteroatoms. The van der Waals surface area contributed by atoms with Crippen molar-refractivity contribution < 1.29 is 28.8 Å². The third-order valence-corrected chi connectivity index (χ3v) is 20.4. The van der Waals surface area contributed by atoms with Crippen molar-refractivity contribution in [3.05, 3.63) is 0 Å². The molecule has 266 valence electrons. The Labute approximate surface area is 325 Å². The van der Waals surface area contributed by atoms with Gasteiger partial charge in [-0.05, 0) is 12.2 Å². The minimum Gasteiger partial charge on any atom is -0.396 e. The van der Waals surface area contributed by atoms with E-state index in [4.69, 9.17) is 10.2 Å². The lowest BCUT2D eigenvalue weighted by atomic mass is 10.5. The molecule has 2 N–H and O–H groups in total. The minimum absolute atomic E-state index is 0.0486. The molecular formula is C26H48O6S13. The molecule has 1 atom stereocenters. The number of aliphatic hydroxyl groups excluding tert-OH is 2. The summed E-state index contributed by atoms with van der Waals surface area (Å²) in [7, 11) is -0.728. The summed E-state index contributed by atoms with van der Waals surface area (Å²) in [5.74, 6) is 8.90. The third kappa shape index (κ3) is 39.9. The Balaban J connectivity index is 3.30. The highest BCUT2D eigenvalue weighted by atomic mass is 32.2. The molecule has 0 aliphatic heterocycles. The summed E-state index contributed by atoms with van der Waals surface area (Å²) in [6, 6.07) is 0. The number of hydrogen-bond donors (Lipinski definition) is 2. The van der Waals surface area contributed by atoms with Gasteiger partial charge in [0.15, 0.2) is 15.3 Å². The van der Waals surface area contributed by atoms with E-state index in [0.717, 1.165) is 88.7 Å². The lowest BCUT2D eigenvalue weighted by Crippen LogP contribution is -2.05. The van der Waals surface area contributed by atoms with Gasteiger partial charge in [-0.3, -0.25) is 18.6 Å². The number of rotatable bonds is 35. The topological polar surface area (TPSA) is 109 Å². The van der Waals surface area contributed by atoms with Gasteiger partial charge in [0.25, 0.3) is 0 Å². The fraction of sp³-hybridized carbons (Fsp3) is 0.885. The van der Waals surface area contributed by atoms with E-state index in [2.05, 4.69) is 0 Å². The molecular weight excluding hydrogens is 825 g/mol. The van der Waals surface area contributed by atoms with Crippen LogP contribution in [0.3, 0.4) is 0 Å². The average molecular weight is 874 g/mol. The Morgan fingerprint density at radius 1 is 0.422 bits per heavy atom. The first kappa shape index (κ1) is 48.3. The Morgan fingerprint density at radius 3 is 1.24 bits per heavy atom. The Kier molecular flexibility index (Phi) is 43.0. The molecule has 0 fully saturated rings. The summed E-state index contributed by atoms with van der Waals surface area (Å²) in [6.07, 6.45) is 2.73. The number of carbonyl (C=O) groups excluding carboxylic acids is 3. The van der Waals surface area contributed by atoms with Gasteiger partial charge in [-0.1, -0.05) is 35.3 Å². The second-order valence-electron chi connectivity index (χ2n) is 8.33. The third-order valence-electron chi connectivity index (χ3n) is 4.67. The molecule has 0 amide bonds. The van der Waals surface area contributed by atoms with Crippen molar-refractivity contribution in [3.8, 4) is 0 Å². The number of hydrogen-bond acceptors (Lipinski definition) is 18. The van der Waals surface area contributed by atoms with E-state index in [1.54, 1.807) is 35.3 Å². The van der Waals surface area contributed by atoms with Crippen molar-refractivity contribution in [3.63, 3.8) is 0 Å². The standard InChI is InChI=1S/C26H48O6S13/c27-5-11-42-24(29)2-8-34-19-39-18-33-7-1-16-45(32)17-15-38-23-41-22-37-13-14-44-26(31)4-10-36-21-40-20-35-9-3-25(30)43-12-6-28/h27-28H,1-23H2. The maximum absolute atomic E-state index is 12.2. The zero-order valence-electron chi connectivity index (χ0n) is 25.6. The van der Waals surface area contributed by atoms with E-state index < -0.39 is 10.8 Å². The molecule has 0 aromatic heterocycles. The van der Waals surface area contributed by atoms with Crippen molar-refractivity contribution in [2.45, 2.75) is 25.7 Å². The van der Waals surface area contributed by atoms with Crippen molar-refractivity contribution in [1.82, 2.24) is 0 Å². The quantitative estimate of drug-likeness (QED) is 0.0487. The fourth-order valence-electron chi connectivity index (χ4n) is 2.60. The second-order valence-corrected chi connectivity index (χ2v) is 25.3. The van der Waals surface area contributed by atoms with Gasteiger partial charge in [0, 0.05) is 118 Å². The fourth-order valence-corrected chi connectivity index (χ4v) is 17.1. The molecule has 0 aliphatic rings. The van der Waals surface area contributed by atoms with Gasteiger partial charge in [0.1, 0.15) is 0 Å². The van der Waals surface area contributed by atoms with Crippen LogP contribution in [0.2, 0.25) is 0 Å². The Hall–Kier alpha value is 3.28. The van der Waals surface area contributed by atoms with Crippen molar-refractivity contribution >= 4 is 167 Å². The predicted molar refractivity (Wildman–Crippen MR) is 230 cm³/mol. The van der Waals surface area contributed by atoms with Crippen LogP contribution in [-0.4, -0.2) is 137 Å². The molecule has 0 rings (SSSR count). The monoisotopic (exact) mass is 872 g/mol. The van der Waals surface area contributed by atoms with Crippen molar-refractivity contribution in [1.29, 1.82) is 0 Å². The number of carbonyl (C=O) groups is 3. The van der Waals surface area contributed by atoms with Crippen LogP contribution in [0, 0.1) is 0 Å².